The molecular weight excluding hydrogens is 381 g/mol. The van der Waals surface area contributed by atoms with Gasteiger partial charge in [-0.1, -0.05) is 36.4 Å². The maximum absolute atomic E-state index is 14.4. The Bertz CT molecular complexity index is 1030. The number of aliphatic hydroxyl groups is 1. The van der Waals surface area contributed by atoms with E-state index in [1.807, 2.05) is 0 Å². The highest BCUT2D eigenvalue weighted by Crippen LogP contribution is 2.36. The molecule has 29 heavy (non-hydrogen) atoms. The molecule has 1 N–H and O–H groups in total. The fourth-order valence-electron chi connectivity index (χ4n) is 3.16. The second kappa shape index (κ2) is 7.89. The Morgan fingerprint density at radius 3 is 2.38 bits per heavy atom. The standard InChI is InChI=1S/C23H19F3O3/c1-13(27)17-7-2-14(10-20(17)24)11-28-16-5-3-15(4-6-16)18-8-9-19(21-12-29-21)23(26)22(18)25/h2-10,13,21,27H,11-12H2,1H3. The molecule has 1 aliphatic heterocycles. The third-order valence-electron chi connectivity index (χ3n) is 4.88. The Hall–Kier alpha value is -2.83. The largest absolute Gasteiger partial charge is 0.489 e. The van der Waals surface area contributed by atoms with Crippen LogP contribution in [0.3, 0.4) is 0 Å². The van der Waals surface area contributed by atoms with Crippen LogP contribution in [0.5, 0.6) is 5.75 Å². The van der Waals surface area contributed by atoms with E-state index in [1.165, 1.54) is 25.1 Å². The molecule has 0 amide bonds. The molecule has 0 aliphatic carbocycles. The summed E-state index contributed by atoms with van der Waals surface area (Å²) in [4.78, 5) is 0. The van der Waals surface area contributed by atoms with Crippen molar-refractivity contribution in [3.05, 3.63) is 88.7 Å². The summed E-state index contributed by atoms with van der Waals surface area (Å²) >= 11 is 0. The van der Waals surface area contributed by atoms with Crippen molar-refractivity contribution in [1.29, 1.82) is 0 Å². The zero-order valence-electron chi connectivity index (χ0n) is 15.7. The lowest BCUT2D eigenvalue weighted by atomic mass is 10.0. The van der Waals surface area contributed by atoms with Crippen LogP contribution in [0.25, 0.3) is 11.1 Å². The molecule has 4 rings (SSSR count). The molecule has 3 aromatic rings. The van der Waals surface area contributed by atoms with Crippen molar-refractivity contribution < 1.29 is 27.8 Å². The predicted molar refractivity (Wildman–Crippen MR) is 102 cm³/mol. The first-order valence-electron chi connectivity index (χ1n) is 9.23. The zero-order chi connectivity index (χ0) is 20.5. The van der Waals surface area contributed by atoms with Crippen molar-refractivity contribution in [2.45, 2.75) is 25.7 Å². The van der Waals surface area contributed by atoms with Crippen molar-refractivity contribution in [1.82, 2.24) is 0 Å². The Balaban J connectivity index is 1.46. The summed E-state index contributed by atoms with van der Waals surface area (Å²) in [6.07, 6.45) is -1.23. The van der Waals surface area contributed by atoms with Crippen molar-refractivity contribution in [2.75, 3.05) is 6.61 Å². The van der Waals surface area contributed by atoms with E-state index in [-0.39, 0.29) is 29.4 Å². The Morgan fingerprint density at radius 2 is 1.76 bits per heavy atom. The van der Waals surface area contributed by atoms with Gasteiger partial charge in [-0.25, -0.2) is 13.2 Å². The Morgan fingerprint density at radius 1 is 1.03 bits per heavy atom. The fraction of sp³-hybridized carbons (Fsp3) is 0.217. The quantitative estimate of drug-likeness (QED) is 0.558. The summed E-state index contributed by atoms with van der Waals surface area (Å²) in [7, 11) is 0. The SMILES string of the molecule is CC(O)c1ccc(COc2ccc(-c3ccc(C4CO4)c(F)c3F)cc2)cc1F. The Kier molecular flexibility index (Phi) is 5.30. The van der Waals surface area contributed by atoms with E-state index >= 15 is 0 Å². The number of aliphatic hydroxyl groups excluding tert-OH is 1. The lowest BCUT2D eigenvalue weighted by Gasteiger charge is -2.11. The molecule has 2 atom stereocenters. The lowest BCUT2D eigenvalue weighted by molar-refractivity contribution is 0.194. The van der Waals surface area contributed by atoms with Crippen LogP contribution in [-0.2, 0) is 11.3 Å². The molecule has 0 radical (unpaired) electrons. The average Bonchev–Trinajstić information content (AvgIpc) is 3.54. The topological polar surface area (TPSA) is 42.0 Å². The summed E-state index contributed by atoms with van der Waals surface area (Å²) in [6.45, 7) is 2.04. The molecule has 150 valence electrons. The molecule has 0 spiro atoms. The minimum atomic E-state index is -0.902. The van der Waals surface area contributed by atoms with Gasteiger partial charge in [-0.15, -0.1) is 0 Å². The van der Waals surface area contributed by atoms with E-state index < -0.39 is 23.6 Å². The van der Waals surface area contributed by atoms with Crippen LogP contribution >= 0.6 is 0 Å². The molecule has 1 saturated heterocycles. The molecule has 6 heteroatoms. The fourth-order valence-corrected chi connectivity index (χ4v) is 3.16. The number of halogens is 3. The third-order valence-corrected chi connectivity index (χ3v) is 4.88. The summed E-state index contributed by atoms with van der Waals surface area (Å²) in [5, 5.41) is 9.48. The van der Waals surface area contributed by atoms with Crippen LogP contribution in [0.1, 0.15) is 35.8 Å². The van der Waals surface area contributed by atoms with Crippen LogP contribution in [0, 0.1) is 17.5 Å². The number of hydrogen-bond acceptors (Lipinski definition) is 3. The van der Waals surface area contributed by atoms with Crippen molar-refractivity contribution in [2.24, 2.45) is 0 Å². The Labute approximate surface area is 166 Å². The predicted octanol–water partition coefficient (Wildman–Crippen LogP) is 5.47. The van der Waals surface area contributed by atoms with Gasteiger partial charge >= 0.3 is 0 Å². The van der Waals surface area contributed by atoms with Crippen LogP contribution < -0.4 is 4.74 Å². The van der Waals surface area contributed by atoms with E-state index in [4.69, 9.17) is 9.47 Å². The van der Waals surface area contributed by atoms with Crippen LogP contribution in [0.2, 0.25) is 0 Å². The van der Waals surface area contributed by atoms with Crippen LogP contribution in [0.15, 0.2) is 54.6 Å². The first kappa shape index (κ1) is 19.5. The minimum absolute atomic E-state index is 0.134. The highest BCUT2D eigenvalue weighted by molar-refractivity contribution is 5.65. The highest BCUT2D eigenvalue weighted by Gasteiger charge is 2.30. The molecule has 3 nitrogen and oxygen atoms in total. The van der Waals surface area contributed by atoms with Gasteiger partial charge in [-0.05, 0) is 36.2 Å². The van der Waals surface area contributed by atoms with E-state index in [0.717, 1.165) is 0 Å². The molecule has 2 unspecified atom stereocenters. The third kappa shape index (κ3) is 4.13. The van der Waals surface area contributed by atoms with Gasteiger partial charge in [0.2, 0.25) is 0 Å². The smallest absolute Gasteiger partial charge is 0.167 e. The zero-order valence-corrected chi connectivity index (χ0v) is 15.7. The molecule has 1 fully saturated rings. The normalized spacial score (nSPS) is 16.5. The minimum Gasteiger partial charge on any atom is -0.489 e. The van der Waals surface area contributed by atoms with Gasteiger partial charge in [0.05, 0.1) is 12.7 Å². The maximum atomic E-state index is 14.4. The lowest BCUT2D eigenvalue weighted by Crippen LogP contribution is -2.00. The first-order chi connectivity index (χ1) is 13.9. The van der Waals surface area contributed by atoms with Gasteiger partial charge in [-0.2, -0.15) is 0 Å². The first-order valence-corrected chi connectivity index (χ1v) is 9.23. The van der Waals surface area contributed by atoms with Crippen LogP contribution in [-0.4, -0.2) is 11.7 Å². The van der Waals surface area contributed by atoms with Gasteiger partial charge in [0.25, 0.3) is 0 Å². The van der Waals surface area contributed by atoms with Crippen LogP contribution in [0.4, 0.5) is 13.2 Å². The van der Waals surface area contributed by atoms with E-state index in [0.29, 0.717) is 23.5 Å². The number of hydrogen-bond donors (Lipinski definition) is 1. The summed E-state index contributed by atoms with van der Waals surface area (Å²) in [5.74, 6) is -1.76. The van der Waals surface area contributed by atoms with Gasteiger partial charge < -0.3 is 14.6 Å². The van der Waals surface area contributed by atoms with Crippen molar-refractivity contribution in [3.63, 3.8) is 0 Å². The van der Waals surface area contributed by atoms with Gasteiger partial charge in [-0.3, -0.25) is 0 Å². The van der Waals surface area contributed by atoms with Crippen molar-refractivity contribution >= 4 is 0 Å². The second-order valence-electron chi connectivity index (χ2n) is 7.00. The number of ether oxygens (including phenoxy) is 2. The molecule has 1 aliphatic rings. The van der Waals surface area contributed by atoms with E-state index in [1.54, 1.807) is 36.4 Å². The second-order valence-corrected chi connectivity index (χ2v) is 7.00. The summed E-state index contributed by atoms with van der Waals surface area (Å²) < 4.78 is 53.2. The number of rotatable bonds is 6. The van der Waals surface area contributed by atoms with Gasteiger partial charge in [0.15, 0.2) is 11.6 Å². The van der Waals surface area contributed by atoms with Crippen molar-refractivity contribution in [3.8, 4) is 16.9 Å². The molecular formula is C23H19F3O3. The highest BCUT2D eigenvalue weighted by atomic mass is 19.2. The summed E-state index contributed by atoms with van der Waals surface area (Å²) in [5.41, 5.74) is 1.76. The average molecular weight is 400 g/mol. The van der Waals surface area contributed by atoms with Gasteiger partial charge in [0.1, 0.15) is 24.3 Å². The molecule has 0 aromatic heterocycles. The molecule has 0 saturated carbocycles. The number of benzene rings is 3. The maximum Gasteiger partial charge on any atom is 0.167 e. The van der Waals surface area contributed by atoms with E-state index in [9.17, 15) is 18.3 Å². The number of epoxide rings is 1. The summed E-state index contributed by atoms with van der Waals surface area (Å²) in [6, 6.07) is 14.2. The molecule has 1 heterocycles. The van der Waals surface area contributed by atoms with E-state index in [2.05, 4.69) is 0 Å². The van der Waals surface area contributed by atoms with Gasteiger partial charge in [0, 0.05) is 16.7 Å². The monoisotopic (exact) mass is 400 g/mol. The molecule has 0 bridgehead atoms. The molecule has 3 aromatic carbocycles.